The Morgan fingerprint density at radius 2 is 2.00 bits per heavy atom. The predicted octanol–water partition coefficient (Wildman–Crippen LogP) is 3.15. The van der Waals surface area contributed by atoms with E-state index in [2.05, 4.69) is 17.1 Å². The summed E-state index contributed by atoms with van der Waals surface area (Å²) in [5.74, 6) is 1.66. The highest BCUT2D eigenvalue weighted by Gasteiger charge is 2.29. The van der Waals surface area contributed by atoms with Gasteiger partial charge in [0.25, 0.3) is 0 Å². The predicted molar refractivity (Wildman–Crippen MR) is 82.2 cm³/mol. The lowest BCUT2D eigenvalue weighted by atomic mass is 9.99. The van der Waals surface area contributed by atoms with Crippen LogP contribution < -0.4 is 0 Å². The van der Waals surface area contributed by atoms with Crippen molar-refractivity contribution >= 4 is 29.0 Å². The van der Waals surface area contributed by atoms with Crippen LogP contribution in [0, 0.1) is 5.92 Å². The SMILES string of the molecule is CC1CCN(C(=O)[C@H](C)Sc2nnc(C3CC3)s2)CC1. The maximum atomic E-state index is 12.4. The molecule has 1 saturated heterocycles. The standard InChI is InChI=1S/C14H21N3OS2/c1-9-5-7-17(8-6-9)13(18)10(2)19-14-16-15-12(20-14)11-3-4-11/h9-11H,3-8H2,1-2H3/t10-/m0/s1. The van der Waals surface area contributed by atoms with Gasteiger partial charge in [0.05, 0.1) is 5.25 Å². The van der Waals surface area contributed by atoms with Gasteiger partial charge in [-0.2, -0.15) is 0 Å². The molecule has 3 rings (SSSR count). The number of amides is 1. The lowest BCUT2D eigenvalue weighted by Gasteiger charge is -2.31. The molecule has 1 aliphatic carbocycles. The number of carbonyl (C=O) groups is 1. The van der Waals surface area contributed by atoms with Gasteiger partial charge in [0.15, 0.2) is 4.34 Å². The van der Waals surface area contributed by atoms with Crippen molar-refractivity contribution in [2.24, 2.45) is 5.92 Å². The van der Waals surface area contributed by atoms with Crippen LogP contribution in [0.2, 0.25) is 0 Å². The highest BCUT2D eigenvalue weighted by atomic mass is 32.2. The van der Waals surface area contributed by atoms with E-state index in [-0.39, 0.29) is 11.2 Å². The van der Waals surface area contributed by atoms with E-state index in [4.69, 9.17) is 0 Å². The molecule has 0 unspecified atom stereocenters. The van der Waals surface area contributed by atoms with Gasteiger partial charge in [-0.25, -0.2) is 0 Å². The van der Waals surface area contributed by atoms with Crippen LogP contribution >= 0.6 is 23.1 Å². The summed E-state index contributed by atoms with van der Waals surface area (Å²) in [5.41, 5.74) is 0. The molecule has 4 nitrogen and oxygen atoms in total. The lowest BCUT2D eigenvalue weighted by molar-refractivity contribution is -0.131. The maximum absolute atomic E-state index is 12.4. The normalized spacial score (nSPS) is 22.0. The molecule has 0 spiro atoms. The van der Waals surface area contributed by atoms with E-state index >= 15 is 0 Å². The quantitative estimate of drug-likeness (QED) is 0.801. The van der Waals surface area contributed by atoms with Crippen LogP contribution in [0.25, 0.3) is 0 Å². The van der Waals surface area contributed by atoms with E-state index in [1.165, 1.54) is 12.8 Å². The molecule has 0 aromatic carbocycles. The Balaban J connectivity index is 1.54. The Labute approximate surface area is 128 Å². The Morgan fingerprint density at radius 3 is 2.65 bits per heavy atom. The van der Waals surface area contributed by atoms with Crippen LogP contribution in [-0.4, -0.2) is 39.3 Å². The van der Waals surface area contributed by atoms with Gasteiger partial charge in [-0.3, -0.25) is 4.79 Å². The van der Waals surface area contributed by atoms with Gasteiger partial charge in [0.2, 0.25) is 5.91 Å². The minimum Gasteiger partial charge on any atom is -0.342 e. The molecular formula is C14H21N3OS2. The van der Waals surface area contributed by atoms with E-state index in [1.807, 2.05) is 11.8 Å². The summed E-state index contributed by atoms with van der Waals surface area (Å²) in [6.07, 6.45) is 4.76. The largest absolute Gasteiger partial charge is 0.342 e. The Bertz CT molecular complexity index is 479. The molecule has 6 heteroatoms. The van der Waals surface area contributed by atoms with Gasteiger partial charge in [0, 0.05) is 19.0 Å². The first-order chi connectivity index (χ1) is 9.63. The van der Waals surface area contributed by atoms with Crippen molar-refractivity contribution in [2.45, 2.75) is 55.0 Å². The second-order valence-corrected chi connectivity index (χ2v) is 8.55. The fourth-order valence-corrected chi connectivity index (χ4v) is 4.72. The number of thioether (sulfide) groups is 1. The van der Waals surface area contributed by atoms with Gasteiger partial charge < -0.3 is 4.90 Å². The smallest absolute Gasteiger partial charge is 0.235 e. The van der Waals surface area contributed by atoms with Crippen molar-refractivity contribution in [3.8, 4) is 0 Å². The topological polar surface area (TPSA) is 46.1 Å². The molecule has 1 aliphatic heterocycles. The van der Waals surface area contributed by atoms with Crippen molar-refractivity contribution < 1.29 is 4.79 Å². The Morgan fingerprint density at radius 1 is 1.30 bits per heavy atom. The van der Waals surface area contributed by atoms with Crippen LogP contribution in [0.5, 0.6) is 0 Å². The number of piperidine rings is 1. The molecule has 2 heterocycles. The summed E-state index contributed by atoms with van der Waals surface area (Å²) in [6, 6.07) is 0. The number of likely N-dealkylation sites (tertiary alicyclic amines) is 1. The zero-order valence-corrected chi connectivity index (χ0v) is 13.7. The third kappa shape index (κ3) is 3.34. The van der Waals surface area contributed by atoms with Gasteiger partial charge in [-0.1, -0.05) is 30.0 Å². The fourth-order valence-electron chi connectivity index (χ4n) is 2.45. The average Bonchev–Trinajstić information content (AvgIpc) is 3.20. The average molecular weight is 311 g/mol. The van der Waals surface area contributed by atoms with E-state index < -0.39 is 0 Å². The number of hydrogen-bond donors (Lipinski definition) is 0. The summed E-state index contributed by atoms with van der Waals surface area (Å²) in [4.78, 5) is 14.4. The van der Waals surface area contributed by atoms with Crippen LogP contribution in [0.4, 0.5) is 0 Å². The van der Waals surface area contributed by atoms with Crippen LogP contribution in [0.3, 0.4) is 0 Å². The van der Waals surface area contributed by atoms with Gasteiger partial charge in [-0.15, -0.1) is 10.2 Å². The zero-order valence-electron chi connectivity index (χ0n) is 12.0. The summed E-state index contributed by atoms with van der Waals surface area (Å²) in [5, 5.41) is 9.55. The molecule has 0 radical (unpaired) electrons. The number of carbonyl (C=O) groups excluding carboxylic acids is 1. The number of nitrogens with zero attached hydrogens (tertiary/aromatic N) is 3. The lowest BCUT2D eigenvalue weighted by Crippen LogP contribution is -2.41. The summed E-state index contributed by atoms with van der Waals surface area (Å²) >= 11 is 3.23. The van der Waals surface area contributed by atoms with Gasteiger partial charge >= 0.3 is 0 Å². The molecule has 1 aromatic rings. The first-order valence-corrected chi connectivity index (χ1v) is 9.12. The monoisotopic (exact) mass is 311 g/mol. The summed E-state index contributed by atoms with van der Waals surface area (Å²) in [6.45, 7) is 6.08. The molecule has 110 valence electrons. The minimum absolute atomic E-state index is 0.0524. The molecule has 1 atom stereocenters. The van der Waals surface area contributed by atoms with Crippen molar-refractivity contribution in [3.05, 3.63) is 5.01 Å². The minimum atomic E-state index is -0.0524. The van der Waals surface area contributed by atoms with E-state index in [9.17, 15) is 4.79 Å². The molecular weight excluding hydrogens is 290 g/mol. The first kappa shape index (κ1) is 14.3. The molecule has 1 amide bonds. The van der Waals surface area contributed by atoms with Crippen LogP contribution in [0.15, 0.2) is 4.34 Å². The summed E-state index contributed by atoms with van der Waals surface area (Å²) < 4.78 is 0.943. The molecule has 0 bridgehead atoms. The van der Waals surface area contributed by atoms with Crippen molar-refractivity contribution in [2.75, 3.05) is 13.1 Å². The van der Waals surface area contributed by atoms with Crippen molar-refractivity contribution in [1.82, 2.24) is 15.1 Å². The molecule has 20 heavy (non-hydrogen) atoms. The van der Waals surface area contributed by atoms with Gasteiger partial charge in [0.1, 0.15) is 5.01 Å². The Kier molecular flexibility index (Phi) is 4.31. The first-order valence-electron chi connectivity index (χ1n) is 7.42. The molecule has 0 N–H and O–H groups in total. The van der Waals surface area contributed by atoms with E-state index in [1.54, 1.807) is 23.1 Å². The van der Waals surface area contributed by atoms with Crippen LogP contribution in [0.1, 0.15) is 50.5 Å². The maximum Gasteiger partial charge on any atom is 0.235 e. The molecule has 1 saturated carbocycles. The third-order valence-corrected chi connectivity index (χ3v) is 6.33. The molecule has 1 aromatic heterocycles. The summed E-state index contributed by atoms with van der Waals surface area (Å²) in [7, 11) is 0. The zero-order chi connectivity index (χ0) is 14.1. The van der Waals surface area contributed by atoms with Crippen molar-refractivity contribution in [3.63, 3.8) is 0 Å². The van der Waals surface area contributed by atoms with E-state index in [0.717, 1.165) is 41.2 Å². The number of aromatic nitrogens is 2. The van der Waals surface area contributed by atoms with Gasteiger partial charge in [-0.05, 0) is 38.5 Å². The van der Waals surface area contributed by atoms with Crippen molar-refractivity contribution in [1.29, 1.82) is 0 Å². The fraction of sp³-hybridized carbons (Fsp3) is 0.786. The molecule has 2 aliphatic rings. The molecule has 2 fully saturated rings. The second-order valence-electron chi connectivity index (χ2n) is 5.95. The second kappa shape index (κ2) is 6.02. The van der Waals surface area contributed by atoms with Crippen LogP contribution in [-0.2, 0) is 4.79 Å². The highest BCUT2D eigenvalue weighted by molar-refractivity contribution is 8.02. The third-order valence-electron chi connectivity index (χ3n) is 4.07. The number of hydrogen-bond acceptors (Lipinski definition) is 5. The highest BCUT2D eigenvalue weighted by Crippen LogP contribution is 2.43. The Hall–Kier alpha value is -0.620. The number of rotatable bonds is 4. The van der Waals surface area contributed by atoms with E-state index in [0.29, 0.717) is 5.92 Å².